The molecule has 0 radical (unpaired) electrons. The molecular weight excluding hydrogens is 455 g/mol. The highest BCUT2D eigenvalue weighted by atomic mass is 35.5. The summed E-state index contributed by atoms with van der Waals surface area (Å²) in [6.07, 6.45) is 2.71. The fourth-order valence-corrected chi connectivity index (χ4v) is 5.33. The van der Waals surface area contributed by atoms with Gasteiger partial charge in [0.05, 0.1) is 5.56 Å². The van der Waals surface area contributed by atoms with Crippen LogP contribution in [0.15, 0.2) is 46.2 Å². The van der Waals surface area contributed by atoms with Gasteiger partial charge >= 0.3 is 6.18 Å². The molecule has 3 nitrogen and oxygen atoms in total. The Labute approximate surface area is 197 Å². The molecule has 1 heterocycles. The van der Waals surface area contributed by atoms with Crippen molar-refractivity contribution in [1.82, 2.24) is 5.32 Å². The highest BCUT2D eigenvalue weighted by Crippen LogP contribution is 2.46. The zero-order valence-electron chi connectivity index (χ0n) is 17.9. The molecule has 0 aromatic heterocycles. The van der Waals surface area contributed by atoms with Crippen molar-refractivity contribution in [3.63, 3.8) is 0 Å². The molecular formula is C24H29ClF3N3S. The number of benzene rings is 2. The summed E-state index contributed by atoms with van der Waals surface area (Å²) in [5.41, 5.74) is 10.1. The van der Waals surface area contributed by atoms with Gasteiger partial charge in [0, 0.05) is 41.5 Å². The second-order valence-electron chi connectivity index (χ2n) is 8.04. The third kappa shape index (κ3) is 5.81. The first-order valence-corrected chi connectivity index (χ1v) is 11.7. The Bertz CT molecular complexity index is 976. The maximum absolute atomic E-state index is 13.6. The quantitative estimate of drug-likeness (QED) is 0.339. The Kier molecular flexibility index (Phi) is 8.55. The summed E-state index contributed by atoms with van der Waals surface area (Å²) in [4.78, 5) is 1.76. The molecule has 4 N–H and O–H groups in total. The molecule has 1 aliphatic carbocycles. The average molecular weight is 484 g/mol. The largest absolute Gasteiger partial charge is 0.416 e. The third-order valence-corrected chi connectivity index (χ3v) is 6.95. The van der Waals surface area contributed by atoms with Crippen LogP contribution in [-0.2, 0) is 12.6 Å². The highest BCUT2D eigenvalue weighted by Gasteiger charge is 2.33. The van der Waals surface area contributed by atoms with E-state index in [0.717, 1.165) is 42.8 Å². The predicted octanol–water partition coefficient (Wildman–Crippen LogP) is 6.10. The van der Waals surface area contributed by atoms with E-state index in [-0.39, 0.29) is 12.4 Å². The van der Waals surface area contributed by atoms with Gasteiger partial charge in [-0.3, -0.25) is 0 Å². The summed E-state index contributed by atoms with van der Waals surface area (Å²) in [5, 5.41) is 6.46. The Morgan fingerprint density at radius 3 is 2.59 bits per heavy atom. The summed E-state index contributed by atoms with van der Waals surface area (Å²) in [6.45, 7) is 2.70. The van der Waals surface area contributed by atoms with E-state index < -0.39 is 11.7 Å². The van der Waals surface area contributed by atoms with Gasteiger partial charge in [-0.1, -0.05) is 30.0 Å². The Morgan fingerprint density at radius 1 is 1.03 bits per heavy atom. The van der Waals surface area contributed by atoms with E-state index in [0.29, 0.717) is 30.1 Å². The summed E-state index contributed by atoms with van der Waals surface area (Å²) >= 11 is 1.46. The molecule has 0 bridgehead atoms. The number of hydrogen-bond acceptors (Lipinski definition) is 4. The Balaban J connectivity index is 0.00000289. The van der Waals surface area contributed by atoms with Crippen molar-refractivity contribution in [2.75, 3.05) is 31.5 Å². The first-order chi connectivity index (χ1) is 15.0. The van der Waals surface area contributed by atoms with Gasteiger partial charge in [0.15, 0.2) is 0 Å². The molecule has 2 aromatic carbocycles. The maximum Gasteiger partial charge on any atom is 0.416 e. The molecule has 0 fully saturated rings. The van der Waals surface area contributed by atoms with Crippen molar-refractivity contribution in [2.24, 2.45) is 5.73 Å². The lowest BCUT2D eigenvalue weighted by Crippen LogP contribution is -2.24. The fraction of sp³-hybridized carbons (Fsp3) is 0.417. The molecule has 0 unspecified atom stereocenters. The van der Waals surface area contributed by atoms with E-state index in [1.54, 1.807) is 0 Å². The molecule has 8 heteroatoms. The molecule has 2 aliphatic rings. The van der Waals surface area contributed by atoms with Crippen molar-refractivity contribution in [3.05, 3.63) is 58.7 Å². The SMILES string of the molecule is Cl.NCCNCCCNc1cc(C(F)(F)F)cc2c1Cc1ccc(C3=CCCC3)cc1S2. The zero-order valence-corrected chi connectivity index (χ0v) is 19.5. The van der Waals surface area contributed by atoms with E-state index in [1.807, 2.05) is 0 Å². The van der Waals surface area contributed by atoms with Crippen molar-refractivity contribution in [2.45, 2.75) is 48.1 Å². The van der Waals surface area contributed by atoms with Gasteiger partial charge in [0.1, 0.15) is 0 Å². The number of alkyl halides is 3. The average Bonchev–Trinajstić information content (AvgIpc) is 3.28. The van der Waals surface area contributed by atoms with Crippen molar-refractivity contribution >= 4 is 35.4 Å². The number of nitrogens with one attached hydrogen (secondary N) is 2. The minimum atomic E-state index is -4.37. The van der Waals surface area contributed by atoms with Crippen LogP contribution in [0, 0.1) is 0 Å². The smallest absolute Gasteiger partial charge is 0.385 e. The molecule has 0 saturated carbocycles. The van der Waals surface area contributed by atoms with Gasteiger partial charge in [0.25, 0.3) is 0 Å². The van der Waals surface area contributed by atoms with E-state index in [2.05, 4.69) is 34.9 Å². The van der Waals surface area contributed by atoms with Crippen LogP contribution in [0.5, 0.6) is 0 Å². The van der Waals surface area contributed by atoms with Crippen LogP contribution in [0.2, 0.25) is 0 Å². The van der Waals surface area contributed by atoms with Gasteiger partial charge in [-0.15, -0.1) is 12.4 Å². The summed E-state index contributed by atoms with van der Waals surface area (Å²) in [6, 6.07) is 9.00. The van der Waals surface area contributed by atoms with Crippen LogP contribution in [0.25, 0.3) is 5.57 Å². The van der Waals surface area contributed by atoms with Gasteiger partial charge in [-0.05, 0) is 72.7 Å². The molecule has 4 rings (SSSR count). The minimum Gasteiger partial charge on any atom is -0.385 e. The van der Waals surface area contributed by atoms with Gasteiger partial charge in [0.2, 0.25) is 0 Å². The van der Waals surface area contributed by atoms with E-state index in [4.69, 9.17) is 5.73 Å². The van der Waals surface area contributed by atoms with Gasteiger partial charge < -0.3 is 16.4 Å². The topological polar surface area (TPSA) is 50.1 Å². The molecule has 2 aromatic rings. The number of nitrogens with two attached hydrogens (primary N) is 1. The van der Waals surface area contributed by atoms with Crippen molar-refractivity contribution in [3.8, 4) is 0 Å². The number of rotatable bonds is 8. The van der Waals surface area contributed by atoms with Crippen molar-refractivity contribution in [1.29, 1.82) is 0 Å². The lowest BCUT2D eigenvalue weighted by Gasteiger charge is -2.25. The van der Waals surface area contributed by atoms with Gasteiger partial charge in [-0.2, -0.15) is 13.2 Å². The first-order valence-electron chi connectivity index (χ1n) is 10.8. The number of halogens is 4. The lowest BCUT2D eigenvalue weighted by molar-refractivity contribution is -0.137. The third-order valence-electron chi connectivity index (χ3n) is 5.77. The zero-order chi connectivity index (χ0) is 21.8. The maximum atomic E-state index is 13.6. The summed E-state index contributed by atoms with van der Waals surface area (Å²) in [7, 11) is 0. The second-order valence-corrected chi connectivity index (χ2v) is 9.12. The number of fused-ring (bicyclic) bond motifs is 2. The number of hydrogen-bond donors (Lipinski definition) is 3. The molecule has 32 heavy (non-hydrogen) atoms. The normalized spacial score (nSPS) is 14.9. The Hall–Kier alpha value is -1.67. The fourth-order valence-electron chi connectivity index (χ4n) is 4.14. The van der Waals surface area contributed by atoms with E-state index in [1.165, 1.54) is 47.0 Å². The Morgan fingerprint density at radius 2 is 1.88 bits per heavy atom. The molecule has 0 amide bonds. The van der Waals surface area contributed by atoms with Gasteiger partial charge in [-0.25, -0.2) is 0 Å². The first kappa shape index (κ1) is 25.0. The molecule has 0 spiro atoms. The molecule has 1 aliphatic heterocycles. The minimum absolute atomic E-state index is 0. The van der Waals surface area contributed by atoms with E-state index in [9.17, 15) is 13.2 Å². The summed E-state index contributed by atoms with van der Waals surface area (Å²) in [5.74, 6) is 0. The van der Waals surface area contributed by atoms with Crippen LogP contribution in [0.3, 0.4) is 0 Å². The van der Waals surface area contributed by atoms with Crippen molar-refractivity contribution < 1.29 is 13.2 Å². The number of anilines is 1. The summed E-state index contributed by atoms with van der Waals surface area (Å²) < 4.78 is 40.7. The van der Waals surface area contributed by atoms with Crippen LogP contribution in [-0.4, -0.2) is 26.2 Å². The standard InChI is InChI=1S/C24H28F3N3S.ClH/c25-24(26,27)19-14-21(30-10-3-9-29-11-8-28)20-12-18-7-6-17(16-4-1-2-5-16)13-22(18)31-23(20)15-19;/h4,6-7,13-15,29-30H,1-3,5,8-12,28H2;1H. The molecule has 0 saturated heterocycles. The lowest BCUT2D eigenvalue weighted by atomic mass is 9.97. The highest BCUT2D eigenvalue weighted by molar-refractivity contribution is 7.99. The van der Waals surface area contributed by atoms with Crippen LogP contribution in [0.4, 0.5) is 18.9 Å². The second kappa shape index (κ2) is 11.0. The molecule has 174 valence electrons. The monoisotopic (exact) mass is 483 g/mol. The predicted molar refractivity (Wildman–Crippen MR) is 129 cm³/mol. The van der Waals surface area contributed by atoms with Crippen LogP contribution >= 0.6 is 24.2 Å². The molecule has 0 atom stereocenters. The van der Waals surface area contributed by atoms with Crippen LogP contribution < -0.4 is 16.4 Å². The van der Waals surface area contributed by atoms with Crippen LogP contribution in [0.1, 0.15) is 47.9 Å². The number of allylic oxidation sites excluding steroid dienone is 2. The van der Waals surface area contributed by atoms with E-state index >= 15 is 0 Å².